The molecule has 3 rings (SSSR count). The van der Waals surface area contributed by atoms with Crippen molar-refractivity contribution in [3.8, 4) is 11.1 Å². The van der Waals surface area contributed by atoms with Crippen LogP contribution in [-0.2, 0) is 14.3 Å². The van der Waals surface area contributed by atoms with Gasteiger partial charge in [-0.15, -0.1) is 0 Å². The molecule has 0 heterocycles. The molecule has 0 aromatic heterocycles. The number of carboxylic acid groups (broad SMARTS) is 1. The largest absolute Gasteiger partial charge is 0.480 e. The van der Waals surface area contributed by atoms with Gasteiger partial charge in [-0.1, -0.05) is 68.3 Å². The molecule has 182 valence electrons. The van der Waals surface area contributed by atoms with Crippen LogP contribution in [0.2, 0.25) is 0 Å². The van der Waals surface area contributed by atoms with Gasteiger partial charge in [0.2, 0.25) is 5.91 Å². The van der Waals surface area contributed by atoms with Gasteiger partial charge in [-0.3, -0.25) is 4.79 Å². The third-order valence-corrected chi connectivity index (χ3v) is 6.67. The van der Waals surface area contributed by atoms with E-state index in [9.17, 15) is 19.5 Å². The second kappa shape index (κ2) is 12.5. The molecule has 8 heteroatoms. The van der Waals surface area contributed by atoms with Gasteiger partial charge in [-0.2, -0.15) is 11.8 Å². The first kappa shape index (κ1) is 25.6. The second-order valence-electron chi connectivity index (χ2n) is 8.35. The van der Waals surface area contributed by atoms with Gasteiger partial charge in [-0.25, -0.2) is 9.59 Å². The van der Waals surface area contributed by atoms with Crippen LogP contribution in [0.25, 0.3) is 11.1 Å². The molecule has 2 amide bonds. The minimum Gasteiger partial charge on any atom is -0.480 e. The molecule has 0 fully saturated rings. The van der Waals surface area contributed by atoms with Crippen molar-refractivity contribution < 1.29 is 24.2 Å². The Balaban J connectivity index is 1.64. The summed E-state index contributed by atoms with van der Waals surface area (Å²) in [6, 6.07) is 14.3. The van der Waals surface area contributed by atoms with E-state index in [4.69, 9.17) is 4.74 Å². The van der Waals surface area contributed by atoms with Crippen molar-refractivity contribution in [1.29, 1.82) is 0 Å². The Morgan fingerprint density at radius 1 is 0.971 bits per heavy atom. The van der Waals surface area contributed by atoms with Crippen molar-refractivity contribution in [2.24, 2.45) is 0 Å². The topological polar surface area (TPSA) is 105 Å². The van der Waals surface area contributed by atoms with Crippen molar-refractivity contribution in [1.82, 2.24) is 10.6 Å². The lowest BCUT2D eigenvalue weighted by atomic mass is 9.98. The maximum Gasteiger partial charge on any atom is 0.407 e. The zero-order valence-electron chi connectivity index (χ0n) is 19.6. The van der Waals surface area contributed by atoms with Crippen LogP contribution >= 0.6 is 11.8 Å². The number of carbonyl (C=O) groups excluding carboxylic acids is 2. The standard InChI is InChI=1S/C26H32N2O5S/c1-3-4-13-22(24(29)27-23(25(30)31)14-15-34-2)28-26(32)33-16-21-19-11-7-5-9-17(19)18-10-6-8-12-20(18)21/h5-12,21-23H,3-4,13-16H2,1-2H3,(H,27,29)(H,28,32)(H,30,31)/t22-,23?/m0/s1. The van der Waals surface area contributed by atoms with E-state index < -0.39 is 30.1 Å². The number of thioether (sulfide) groups is 1. The van der Waals surface area contributed by atoms with Gasteiger partial charge in [0.15, 0.2) is 0 Å². The molecule has 3 N–H and O–H groups in total. The van der Waals surface area contributed by atoms with Gasteiger partial charge in [-0.05, 0) is 47.1 Å². The number of carboxylic acids is 1. The van der Waals surface area contributed by atoms with Gasteiger partial charge in [0, 0.05) is 5.92 Å². The van der Waals surface area contributed by atoms with Crippen molar-refractivity contribution in [2.45, 2.75) is 50.6 Å². The summed E-state index contributed by atoms with van der Waals surface area (Å²) in [7, 11) is 0. The summed E-state index contributed by atoms with van der Waals surface area (Å²) < 4.78 is 5.57. The highest BCUT2D eigenvalue weighted by Crippen LogP contribution is 2.44. The summed E-state index contributed by atoms with van der Waals surface area (Å²) in [6.07, 6.45) is 3.46. The number of rotatable bonds is 12. The van der Waals surface area contributed by atoms with E-state index in [0.29, 0.717) is 25.0 Å². The van der Waals surface area contributed by atoms with Gasteiger partial charge < -0.3 is 20.5 Å². The molecular formula is C26H32N2O5S. The summed E-state index contributed by atoms with van der Waals surface area (Å²) in [5, 5.41) is 14.6. The molecule has 2 aromatic carbocycles. The minimum absolute atomic E-state index is 0.0796. The summed E-state index contributed by atoms with van der Waals surface area (Å²) in [6.45, 7) is 2.13. The fraction of sp³-hybridized carbons (Fsp3) is 0.423. The van der Waals surface area contributed by atoms with Crippen molar-refractivity contribution in [3.63, 3.8) is 0 Å². The Morgan fingerprint density at radius 3 is 2.15 bits per heavy atom. The lowest BCUT2D eigenvalue weighted by Gasteiger charge is -2.22. The zero-order valence-corrected chi connectivity index (χ0v) is 20.4. The number of aliphatic carboxylic acids is 1. The highest BCUT2D eigenvalue weighted by Gasteiger charge is 2.30. The molecule has 1 aliphatic carbocycles. The fourth-order valence-corrected chi connectivity index (χ4v) is 4.70. The fourth-order valence-electron chi connectivity index (χ4n) is 4.22. The molecule has 0 radical (unpaired) electrons. The second-order valence-corrected chi connectivity index (χ2v) is 9.33. The maximum absolute atomic E-state index is 12.8. The number of benzene rings is 2. The molecule has 0 saturated heterocycles. The lowest BCUT2D eigenvalue weighted by molar-refractivity contribution is -0.142. The van der Waals surface area contributed by atoms with E-state index in [2.05, 4.69) is 22.8 Å². The predicted molar refractivity (Wildman–Crippen MR) is 134 cm³/mol. The van der Waals surface area contributed by atoms with E-state index in [1.54, 1.807) is 0 Å². The van der Waals surface area contributed by atoms with Crippen LogP contribution in [0.5, 0.6) is 0 Å². The van der Waals surface area contributed by atoms with Crippen LogP contribution in [0, 0.1) is 0 Å². The van der Waals surface area contributed by atoms with E-state index in [-0.39, 0.29) is 12.5 Å². The van der Waals surface area contributed by atoms with Gasteiger partial charge in [0.05, 0.1) is 0 Å². The Kier molecular flexibility index (Phi) is 9.39. The average molecular weight is 485 g/mol. The number of carbonyl (C=O) groups is 3. The van der Waals surface area contributed by atoms with Crippen molar-refractivity contribution in [2.75, 3.05) is 18.6 Å². The number of nitrogens with one attached hydrogen (secondary N) is 2. The molecule has 0 spiro atoms. The van der Waals surface area contributed by atoms with E-state index in [0.717, 1.165) is 28.7 Å². The number of ether oxygens (including phenoxy) is 1. The minimum atomic E-state index is -1.09. The molecule has 0 bridgehead atoms. The van der Waals surface area contributed by atoms with Crippen LogP contribution in [0.1, 0.15) is 49.7 Å². The number of fused-ring (bicyclic) bond motifs is 3. The van der Waals surface area contributed by atoms with Crippen LogP contribution in [0.3, 0.4) is 0 Å². The zero-order chi connectivity index (χ0) is 24.5. The van der Waals surface area contributed by atoms with E-state index in [1.165, 1.54) is 11.8 Å². The number of amides is 2. The Bertz CT molecular complexity index is 967. The molecular weight excluding hydrogens is 452 g/mol. The van der Waals surface area contributed by atoms with Crippen LogP contribution < -0.4 is 10.6 Å². The molecule has 1 aliphatic rings. The number of hydrogen-bond acceptors (Lipinski definition) is 5. The number of unbranched alkanes of at least 4 members (excludes halogenated alkanes) is 1. The molecule has 1 unspecified atom stereocenters. The number of hydrogen-bond donors (Lipinski definition) is 3. The predicted octanol–water partition coefficient (Wildman–Crippen LogP) is 4.41. The molecule has 7 nitrogen and oxygen atoms in total. The number of alkyl carbamates (subject to hydrolysis) is 1. The van der Waals surface area contributed by atoms with Crippen molar-refractivity contribution in [3.05, 3.63) is 59.7 Å². The van der Waals surface area contributed by atoms with E-state index in [1.807, 2.05) is 49.6 Å². The summed E-state index contributed by atoms with van der Waals surface area (Å²) in [5.41, 5.74) is 4.49. The Morgan fingerprint density at radius 2 is 1.59 bits per heavy atom. The Labute approximate surface area is 204 Å². The molecule has 2 atom stereocenters. The van der Waals surface area contributed by atoms with E-state index >= 15 is 0 Å². The van der Waals surface area contributed by atoms with Crippen LogP contribution in [0.4, 0.5) is 4.79 Å². The van der Waals surface area contributed by atoms with Gasteiger partial charge >= 0.3 is 12.1 Å². The first-order chi connectivity index (χ1) is 16.5. The lowest BCUT2D eigenvalue weighted by Crippen LogP contribution is -2.51. The molecule has 0 aliphatic heterocycles. The summed E-state index contributed by atoms with van der Waals surface area (Å²) >= 11 is 1.51. The normalized spacial score (nSPS) is 13.9. The monoisotopic (exact) mass is 484 g/mol. The third-order valence-electron chi connectivity index (χ3n) is 6.02. The smallest absolute Gasteiger partial charge is 0.407 e. The average Bonchev–Trinajstić information content (AvgIpc) is 3.16. The highest BCUT2D eigenvalue weighted by molar-refractivity contribution is 7.98. The maximum atomic E-state index is 12.8. The quantitative estimate of drug-likeness (QED) is 0.412. The van der Waals surface area contributed by atoms with Crippen LogP contribution in [0.15, 0.2) is 48.5 Å². The first-order valence-electron chi connectivity index (χ1n) is 11.6. The highest BCUT2D eigenvalue weighted by atomic mass is 32.2. The summed E-state index contributed by atoms with van der Waals surface area (Å²) in [4.78, 5) is 37.0. The third kappa shape index (κ3) is 6.32. The van der Waals surface area contributed by atoms with Crippen LogP contribution in [-0.4, -0.2) is 53.8 Å². The molecule has 34 heavy (non-hydrogen) atoms. The molecule has 0 saturated carbocycles. The summed E-state index contributed by atoms with van der Waals surface area (Å²) in [5.74, 6) is -1.06. The Hall–Kier alpha value is -3.00. The van der Waals surface area contributed by atoms with Crippen molar-refractivity contribution >= 4 is 29.7 Å². The SMILES string of the molecule is CCCC[C@H](NC(=O)OCC1c2ccccc2-c2ccccc21)C(=O)NC(CCSC)C(=O)O. The molecule has 2 aromatic rings. The van der Waals surface area contributed by atoms with Gasteiger partial charge in [0.25, 0.3) is 0 Å². The van der Waals surface area contributed by atoms with Gasteiger partial charge in [0.1, 0.15) is 18.7 Å². The first-order valence-corrected chi connectivity index (χ1v) is 13.0.